The van der Waals surface area contributed by atoms with Gasteiger partial charge in [-0.25, -0.2) is 4.68 Å². The number of hydrogen-bond donors (Lipinski definition) is 2. The molecule has 0 bridgehead atoms. The Morgan fingerprint density at radius 1 is 0.974 bits per heavy atom. The van der Waals surface area contributed by atoms with Crippen LogP contribution in [0.2, 0.25) is 0 Å². The number of hydrogen-bond acceptors (Lipinski definition) is 6. The molecule has 0 radical (unpaired) electrons. The van der Waals surface area contributed by atoms with Crippen LogP contribution in [0.25, 0.3) is 0 Å². The minimum Gasteiger partial charge on any atom is -0.490 e. The van der Waals surface area contributed by atoms with Crippen molar-refractivity contribution in [3.8, 4) is 11.5 Å². The lowest BCUT2D eigenvalue weighted by molar-refractivity contribution is -0.118. The van der Waals surface area contributed by atoms with E-state index in [0.29, 0.717) is 42.8 Å². The second-order valence-corrected chi connectivity index (χ2v) is 9.18. The van der Waals surface area contributed by atoms with Gasteiger partial charge in [-0.15, -0.1) is 0 Å². The van der Waals surface area contributed by atoms with Gasteiger partial charge in [-0.2, -0.15) is 10.1 Å². The third-order valence-electron chi connectivity index (χ3n) is 6.40. The summed E-state index contributed by atoms with van der Waals surface area (Å²) in [4.78, 5) is 17.9. The average molecular weight is 510 g/mol. The van der Waals surface area contributed by atoms with Crippen molar-refractivity contribution in [3.63, 3.8) is 0 Å². The first kappa shape index (κ1) is 25.1. The molecule has 2 N–H and O–H groups in total. The number of rotatable bonds is 9. The number of nitrogens with one attached hydrogen (secondary N) is 2. The van der Waals surface area contributed by atoms with Gasteiger partial charge in [0.2, 0.25) is 5.95 Å². The molecule has 8 heteroatoms. The molecule has 8 nitrogen and oxygen atoms in total. The Balaban J connectivity index is 1.45. The number of ether oxygens (including phenoxy) is 2. The molecule has 0 aliphatic carbocycles. The average Bonchev–Trinajstić information content (AvgIpc) is 3.39. The lowest BCUT2D eigenvalue weighted by Crippen LogP contribution is -2.34. The van der Waals surface area contributed by atoms with E-state index in [1.54, 1.807) is 4.68 Å². The Labute approximate surface area is 222 Å². The van der Waals surface area contributed by atoms with Crippen LogP contribution in [-0.2, 0) is 17.9 Å². The van der Waals surface area contributed by atoms with Crippen LogP contribution in [0.4, 0.5) is 5.95 Å². The van der Waals surface area contributed by atoms with Gasteiger partial charge in [0.1, 0.15) is 19.0 Å². The lowest BCUT2D eigenvalue weighted by atomic mass is 9.94. The standard InChI is InChI=1S/C30H31N5O3/c1-4-37-26-16-24(13-14-25(26)38-18-23-12-8-9-20(2)15-23)28-27(21(3)34-30-32-19-33-35(28)30)29(36)31-17-22-10-6-5-7-11-22/h5-16,19,28H,4,17-18H2,1-3H3,(H,31,36)(H,32,33,34). The van der Waals surface area contributed by atoms with Crippen LogP contribution >= 0.6 is 0 Å². The Kier molecular flexibility index (Phi) is 7.40. The number of carbonyl (C=O) groups is 1. The SMILES string of the molecule is CCOc1cc(C2C(C(=O)NCc3ccccc3)=C(C)Nc3ncnn32)ccc1OCc1cccc(C)c1. The number of allylic oxidation sites excluding steroid dienone is 1. The van der Waals surface area contributed by atoms with Gasteiger partial charge < -0.3 is 20.1 Å². The number of nitrogens with zero attached hydrogens (tertiary/aromatic N) is 3. The summed E-state index contributed by atoms with van der Waals surface area (Å²) in [7, 11) is 0. The summed E-state index contributed by atoms with van der Waals surface area (Å²) in [6, 6.07) is 23.3. The van der Waals surface area contributed by atoms with E-state index in [4.69, 9.17) is 9.47 Å². The number of aromatic nitrogens is 3. The maximum absolute atomic E-state index is 13.5. The van der Waals surface area contributed by atoms with Gasteiger partial charge in [0.15, 0.2) is 11.5 Å². The molecule has 3 aromatic carbocycles. The van der Waals surface area contributed by atoms with Gasteiger partial charge in [-0.3, -0.25) is 4.79 Å². The van der Waals surface area contributed by atoms with Crippen LogP contribution in [0.15, 0.2) is 90.4 Å². The van der Waals surface area contributed by atoms with Gasteiger partial charge in [0, 0.05) is 12.2 Å². The van der Waals surface area contributed by atoms with Gasteiger partial charge in [-0.05, 0) is 49.6 Å². The molecule has 0 saturated heterocycles. The van der Waals surface area contributed by atoms with Crippen molar-refractivity contribution in [1.29, 1.82) is 0 Å². The molecule has 1 atom stereocenters. The summed E-state index contributed by atoms with van der Waals surface area (Å²) in [5.41, 5.74) is 5.41. The van der Waals surface area contributed by atoms with Crippen molar-refractivity contribution < 1.29 is 14.3 Å². The second kappa shape index (κ2) is 11.2. The zero-order valence-electron chi connectivity index (χ0n) is 21.8. The maximum atomic E-state index is 13.5. The molecule has 1 aromatic heterocycles. The van der Waals surface area contributed by atoms with Crippen molar-refractivity contribution in [1.82, 2.24) is 20.1 Å². The Bertz CT molecular complexity index is 1460. The summed E-state index contributed by atoms with van der Waals surface area (Å²) < 4.78 is 13.8. The van der Waals surface area contributed by atoms with Crippen LogP contribution in [0.5, 0.6) is 11.5 Å². The Morgan fingerprint density at radius 2 is 1.79 bits per heavy atom. The van der Waals surface area contributed by atoms with Crippen LogP contribution < -0.4 is 20.1 Å². The second-order valence-electron chi connectivity index (χ2n) is 9.18. The number of carbonyl (C=O) groups excluding carboxylic acids is 1. The lowest BCUT2D eigenvalue weighted by Gasteiger charge is -2.29. The van der Waals surface area contributed by atoms with Crippen LogP contribution in [0.1, 0.15) is 42.1 Å². The number of benzene rings is 3. The van der Waals surface area contributed by atoms with Gasteiger partial charge >= 0.3 is 0 Å². The third-order valence-corrected chi connectivity index (χ3v) is 6.40. The highest BCUT2D eigenvalue weighted by molar-refractivity contribution is 5.96. The number of aryl methyl sites for hydroxylation is 1. The van der Waals surface area contributed by atoms with Crippen molar-refractivity contribution in [2.24, 2.45) is 0 Å². The van der Waals surface area contributed by atoms with Crippen molar-refractivity contribution >= 4 is 11.9 Å². The molecule has 0 fully saturated rings. The van der Waals surface area contributed by atoms with E-state index in [0.717, 1.165) is 22.4 Å². The summed E-state index contributed by atoms with van der Waals surface area (Å²) in [5.74, 6) is 1.65. The zero-order valence-corrected chi connectivity index (χ0v) is 21.8. The summed E-state index contributed by atoms with van der Waals surface area (Å²) in [5, 5.41) is 10.7. The summed E-state index contributed by atoms with van der Waals surface area (Å²) in [6.07, 6.45) is 1.48. The predicted molar refractivity (Wildman–Crippen MR) is 146 cm³/mol. The van der Waals surface area contributed by atoms with E-state index < -0.39 is 6.04 Å². The first-order valence-corrected chi connectivity index (χ1v) is 12.7. The normalized spacial score (nSPS) is 14.4. The van der Waals surface area contributed by atoms with Crippen molar-refractivity contribution in [2.45, 2.75) is 40.0 Å². The van der Waals surface area contributed by atoms with Crippen LogP contribution in [-0.4, -0.2) is 27.3 Å². The maximum Gasteiger partial charge on any atom is 0.251 e. The van der Waals surface area contributed by atoms with Crippen LogP contribution in [0, 0.1) is 6.92 Å². The molecule has 1 aliphatic rings. The van der Waals surface area contributed by atoms with Gasteiger partial charge in [0.05, 0.1) is 12.2 Å². The molecule has 0 saturated carbocycles. The number of anilines is 1. The fraction of sp³-hybridized carbons (Fsp3) is 0.233. The predicted octanol–water partition coefficient (Wildman–Crippen LogP) is 5.17. The molecule has 194 valence electrons. The molecule has 5 rings (SSSR count). The van der Waals surface area contributed by atoms with E-state index in [9.17, 15) is 4.79 Å². The van der Waals surface area contributed by atoms with E-state index in [-0.39, 0.29) is 5.91 Å². The van der Waals surface area contributed by atoms with Gasteiger partial charge in [0.25, 0.3) is 5.91 Å². The first-order valence-electron chi connectivity index (χ1n) is 12.7. The molecule has 1 unspecified atom stereocenters. The monoisotopic (exact) mass is 509 g/mol. The third kappa shape index (κ3) is 5.39. The molecular formula is C30H31N5O3. The molecule has 4 aromatic rings. The van der Waals surface area contributed by atoms with E-state index >= 15 is 0 Å². The first-order chi connectivity index (χ1) is 18.5. The number of fused-ring (bicyclic) bond motifs is 1. The highest BCUT2D eigenvalue weighted by atomic mass is 16.5. The summed E-state index contributed by atoms with van der Waals surface area (Å²) >= 11 is 0. The quantitative estimate of drug-likeness (QED) is 0.324. The zero-order chi connectivity index (χ0) is 26.5. The molecule has 1 aliphatic heterocycles. The largest absolute Gasteiger partial charge is 0.490 e. The topological polar surface area (TPSA) is 90.3 Å². The Hall–Kier alpha value is -4.59. The highest BCUT2D eigenvalue weighted by Crippen LogP contribution is 2.38. The summed E-state index contributed by atoms with van der Waals surface area (Å²) in [6.45, 7) is 7.20. The Morgan fingerprint density at radius 3 is 2.58 bits per heavy atom. The van der Waals surface area contributed by atoms with Gasteiger partial charge in [-0.1, -0.05) is 66.2 Å². The minimum absolute atomic E-state index is 0.178. The van der Waals surface area contributed by atoms with E-state index in [1.165, 1.54) is 11.9 Å². The van der Waals surface area contributed by atoms with Crippen molar-refractivity contribution in [3.05, 3.63) is 113 Å². The smallest absolute Gasteiger partial charge is 0.251 e. The molecule has 1 amide bonds. The molecule has 38 heavy (non-hydrogen) atoms. The molecule has 2 heterocycles. The fourth-order valence-corrected chi connectivity index (χ4v) is 4.61. The fourth-order valence-electron chi connectivity index (χ4n) is 4.61. The van der Waals surface area contributed by atoms with Crippen LogP contribution in [0.3, 0.4) is 0 Å². The molecular weight excluding hydrogens is 478 g/mol. The van der Waals surface area contributed by atoms with Crippen molar-refractivity contribution in [2.75, 3.05) is 11.9 Å². The highest BCUT2D eigenvalue weighted by Gasteiger charge is 2.34. The number of amides is 1. The minimum atomic E-state index is -0.491. The molecule has 0 spiro atoms. The van der Waals surface area contributed by atoms with E-state index in [2.05, 4.69) is 39.8 Å². The van der Waals surface area contributed by atoms with E-state index in [1.807, 2.05) is 74.5 Å².